The molecule has 9 heteroatoms. The molecule has 0 radical (unpaired) electrons. The molecule has 0 bridgehead atoms. The van der Waals surface area contributed by atoms with Crippen LogP contribution in [-0.4, -0.2) is 38.0 Å². The Morgan fingerprint density at radius 1 is 1.14 bits per heavy atom. The molecule has 2 aromatic carbocycles. The van der Waals surface area contributed by atoms with Gasteiger partial charge in [-0.25, -0.2) is 4.39 Å². The molecule has 3 rings (SSSR count). The predicted octanol–water partition coefficient (Wildman–Crippen LogP) is 1.41. The van der Waals surface area contributed by atoms with E-state index in [-0.39, 0.29) is 24.6 Å². The Labute approximate surface area is 166 Å². The van der Waals surface area contributed by atoms with Crippen LogP contribution in [0.25, 0.3) is 0 Å². The molecule has 1 saturated heterocycles. The van der Waals surface area contributed by atoms with Crippen LogP contribution in [-0.2, 0) is 14.4 Å². The molecule has 152 valence electrons. The SMILES string of the molecule is COc1ccc(N2C[C@H](C(=O)NNC(=O)COc3ccccc3F)CC2=O)cc1. The van der Waals surface area contributed by atoms with Crippen LogP contribution in [0, 0.1) is 11.7 Å². The topological polar surface area (TPSA) is 97.0 Å². The van der Waals surface area contributed by atoms with Gasteiger partial charge in [0.25, 0.3) is 5.91 Å². The number of anilines is 1. The molecule has 0 unspecified atom stereocenters. The third kappa shape index (κ3) is 5.01. The molecule has 2 aromatic rings. The van der Waals surface area contributed by atoms with E-state index in [1.54, 1.807) is 37.4 Å². The Morgan fingerprint density at radius 3 is 2.55 bits per heavy atom. The van der Waals surface area contributed by atoms with Crippen molar-refractivity contribution in [3.63, 3.8) is 0 Å². The summed E-state index contributed by atoms with van der Waals surface area (Å²) < 4.78 is 23.6. The van der Waals surface area contributed by atoms with Crippen molar-refractivity contribution in [2.45, 2.75) is 6.42 Å². The van der Waals surface area contributed by atoms with Gasteiger partial charge < -0.3 is 14.4 Å². The number of rotatable bonds is 6. The molecule has 3 amide bonds. The van der Waals surface area contributed by atoms with Crippen LogP contribution in [0.4, 0.5) is 10.1 Å². The first-order valence-electron chi connectivity index (χ1n) is 8.88. The Hall–Kier alpha value is -3.62. The maximum Gasteiger partial charge on any atom is 0.276 e. The molecular formula is C20H20FN3O5. The summed E-state index contributed by atoms with van der Waals surface area (Å²) in [6.07, 6.45) is 0.0272. The van der Waals surface area contributed by atoms with Gasteiger partial charge in [0.2, 0.25) is 11.8 Å². The highest BCUT2D eigenvalue weighted by Gasteiger charge is 2.35. The number of halogens is 1. The van der Waals surface area contributed by atoms with Crippen molar-refractivity contribution < 1.29 is 28.2 Å². The maximum atomic E-state index is 13.4. The van der Waals surface area contributed by atoms with Gasteiger partial charge in [0, 0.05) is 18.7 Å². The van der Waals surface area contributed by atoms with Crippen LogP contribution in [0.3, 0.4) is 0 Å². The molecular weight excluding hydrogens is 381 g/mol. The molecule has 8 nitrogen and oxygen atoms in total. The molecule has 0 aromatic heterocycles. The summed E-state index contributed by atoms with van der Waals surface area (Å²) in [6.45, 7) is -0.276. The van der Waals surface area contributed by atoms with Gasteiger partial charge in [-0.1, -0.05) is 12.1 Å². The highest BCUT2D eigenvalue weighted by Crippen LogP contribution is 2.26. The molecule has 1 aliphatic rings. The van der Waals surface area contributed by atoms with E-state index in [1.807, 2.05) is 0 Å². The number of hydrogen-bond donors (Lipinski definition) is 2. The number of benzene rings is 2. The highest BCUT2D eigenvalue weighted by molar-refractivity contribution is 6.00. The number of hydrazine groups is 1. The number of carbonyl (C=O) groups excluding carboxylic acids is 3. The lowest BCUT2D eigenvalue weighted by Crippen LogP contribution is -2.46. The second kappa shape index (κ2) is 9.05. The number of para-hydroxylation sites is 1. The van der Waals surface area contributed by atoms with Gasteiger partial charge in [0.15, 0.2) is 18.2 Å². The lowest BCUT2D eigenvalue weighted by molar-refractivity contribution is -0.132. The van der Waals surface area contributed by atoms with Crippen molar-refractivity contribution in [1.29, 1.82) is 0 Å². The first-order chi connectivity index (χ1) is 14.0. The molecule has 0 saturated carbocycles. The molecule has 1 aliphatic heterocycles. The van der Waals surface area contributed by atoms with E-state index in [9.17, 15) is 18.8 Å². The Kier molecular flexibility index (Phi) is 6.28. The summed E-state index contributed by atoms with van der Waals surface area (Å²) in [7, 11) is 1.55. The highest BCUT2D eigenvalue weighted by atomic mass is 19.1. The molecule has 1 atom stereocenters. The van der Waals surface area contributed by atoms with E-state index < -0.39 is 30.2 Å². The smallest absolute Gasteiger partial charge is 0.276 e. The summed E-state index contributed by atoms with van der Waals surface area (Å²) in [4.78, 5) is 37.8. The van der Waals surface area contributed by atoms with Crippen molar-refractivity contribution in [2.24, 2.45) is 5.92 Å². The second-order valence-corrected chi connectivity index (χ2v) is 6.36. The van der Waals surface area contributed by atoms with Gasteiger partial charge in [-0.3, -0.25) is 25.2 Å². The lowest BCUT2D eigenvalue weighted by Gasteiger charge is -2.17. The summed E-state index contributed by atoms with van der Waals surface area (Å²) >= 11 is 0. The lowest BCUT2D eigenvalue weighted by atomic mass is 10.1. The van der Waals surface area contributed by atoms with E-state index >= 15 is 0 Å². The Morgan fingerprint density at radius 2 is 1.86 bits per heavy atom. The van der Waals surface area contributed by atoms with Crippen molar-refractivity contribution in [1.82, 2.24) is 10.9 Å². The van der Waals surface area contributed by atoms with Crippen LogP contribution in [0.1, 0.15) is 6.42 Å². The fourth-order valence-corrected chi connectivity index (χ4v) is 2.87. The zero-order chi connectivity index (χ0) is 20.8. The minimum Gasteiger partial charge on any atom is -0.497 e. The van der Waals surface area contributed by atoms with Crippen LogP contribution in [0.5, 0.6) is 11.5 Å². The predicted molar refractivity (Wildman–Crippen MR) is 102 cm³/mol. The zero-order valence-electron chi connectivity index (χ0n) is 15.7. The van der Waals surface area contributed by atoms with E-state index in [0.717, 1.165) is 0 Å². The van der Waals surface area contributed by atoms with Crippen LogP contribution in [0.2, 0.25) is 0 Å². The van der Waals surface area contributed by atoms with Crippen LogP contribution < -0.4 is 25.2 Å². The van der Waals surface area contributed by atoms with Crippen molar-refractivity contribution in [2.75, 3.05) is 25.2 Å². The quantitative estimate of drug-likeness (QED) is 0.714. The molecule has 2 N–H and O–H groups in total. The summed E-state index contributed by atoms with van der Waals surface area (Å²) in [5.41, 5.74) is 5.14. The largest absolute Gasteiger partial charge is 0.497 e. The third-order valence-corrected chi connectivity index (χ3v) is 4.40. The summed E-state index contributed by atoms with van der Waals surface area (Å²) in [5.74, 6) is -1.94. The molecule has 1 fully saturated rings. The zero-order valence-corrected chi connectivity index (χ0v) is 15.7. The van der Waals surface area contributed by atoms with Crippen molar-refractivity contribution in [3.8, 4) is 11.5 Å². The van der Waals surface area contributed by atoms with Gasteiger partial charge in [0.05, 0.1) is 13.0 Å². The Balaban J connectivity index is 1.47. The molecule has 0 spiro atoms. The average molecular weight is 401 g/mol. The number of amides is 3. The molecule has 1 heterocycles. The first kappa shape index (κ1) is 20.1. The third-order valence-electron chi connectivity index (χ3n) is 4.40. The van der Waals surface area contributed by atoms with Crippen LogP contribution >= 0.6 is 0 Å². The normalized spacial score (nSPS) is 15.7. The monoisotopic (exact) mass is 401 g/mol. The fraction of sp³-hybridized carbons (Fsp3) is 0.250. The van der Waals surface area contributed by atoms with E-state index in [1.165, 1.54) is 23.1 Å². The van der Waals surface area contributed by atoms with E-state index in [4.69, 9.17) is 9.47 Å². The van der Waals surface area contributed by atoms with Crippen LogP contribution in [0.15, 0.2) is 48.5 Å². The maximum absolute atomic E-state index is 13.4. The number of ether oxygens (including phenoxy) is 2. The second-order valence-electron chi connectivity index (χ2n) is 6.36. The van der Waals surface area contributed by atoms with Crippen molar-refractivity contribution in [3.05, 3.63) is 54.3 Å². The number of carbonyl (C=O) groups is 3. The van der Waals surface area contributed by atoms with E-state index in [0.29, 0.717) is 11.4 Å². The Bertz CT molecular complexity index is 903. The van der Waals surface area contributed by atoms with Gasteiger partial charge in [0.1, 0.15) is 5.75 Å². The number of hydrogen-bond acceptors (Lipinski definition) is 5. The van der Waals surface area contributed by atoms with Crippen molar-refractivity contribution >= 4 is 23.4 Å². The van der Waals surface area contributed by atoms with Gasteiger partial charge in [-0.2, -0.15) is 0 Å². The number of methoxy groups -OCH3 is 1. The van der Waals surface area contributed by atoms with Gasteiger partial charge in [-0.05, 0) is 36.4 Å². The fourth-order valence-electron chi connectivity index (χ4n) is 2.87. The van der Waals surface area contributed by atoms with Gasteiger partial charge in [-0.15, -0.1) is 0 Å². The number of nitrogens with zero attached hydrogens (tertiary/aromatic N) is 1. The molecule has 0 aliphatic carbocycles. The molecule has 29 heavy (non-hydrogen) atoms. The standard InChI is InChI=1S/C20H20FN3O5/c1-28-15-8-6-14(7-9-15)24-11-13(10-19(24)26)20(27)23-22-18(25)12-29-17-5-3-2-4-16(17)21/h2-9,13H,10-12H2,1H3,(H,22,25)(H,23,27)/t13-/m1/s1. The first-order valence-corrected chi connectivity index (χ1v) is 8.88. The minimum atomic E-state index is -0.655. The number of nitrogens with one attached hydrogen (secondary N) is 2. The summed E-state index contributed by atoms with van der Waals surface area (Å²) in [6, 6.07) is 12.6. The van der Waals surface area contributed by atoms with E-state index in [2.05, 4.69) is 10.9 Å². The summed E-state index contributed by atoms with van der Waals surface area (Å²) in [5, 5.41) is 0. The van der Waals surface area contributed by atoms with Gasteiger partial charge >= 0.3 is 0 Å². The average Bonchev–Trinajstić information content (AvgIpc) is 3.13. The minimum absolute atomic E-state index is 0.0272.